The molecule has 6 heteroatoms. The maximum atomic E-state index is 13.0. The van der Waals surface area contributed by atoms with Gasteiger partial charge in [-0.2, -0.15) is 0 Å². The number of aromatic nitrogens is 1. The van der Waals surface area contributed by atoms with Crippen molar-refractivity contribution in [2.45, 2.75) is 39.0 Å². The number of oxazole rings is 1. The fourth-order valence-electron chi connectivity index (χ4n) is 3.57. The molecule has 5 nitrogen and oxygen atoms in total. The van der Waals surface area contributed by atoms with Gasteiger partial charge >= 0.3 is 0 Å². The topological polar surface area (TPSA) is 58.7 Å². The molecule has 0 bridgehead atoms. The number of amidine groups is 1. The Morgan fingerprint density at radius 1 is 1.16 bits per heavy atom. The van der Waals surface area contributed by atoms with Gasteiger partial charge in [-0.3, -0.25) is 9.69 Å². The highest BCUT2D eigenvalue weighted by atomic mass is 32.2. The van der Waals surface area contributed by atoms with E-state index in [0.717, 1.165) is 34.4 Å². The summed E-state index contributed by atoms with van der Waals surface area (Å²) >= 11 is 1.65. The van der Waals surface area contributed by atoms with Gasteiger partial charge in [0.25, 0.3) is 0 Å². The molecule has 160 valence electrons. The quantitative estimate of drug-likeness (QED) is 0.475. The number of aliphatic imine (C=N–C) groups is 1. The maximum Gasteiger partial charge on any atom is 0.229 e. The number of amides is 1. The second-order valence-corrected chi connectivity index (χ2v) is 8.90. The van der Waals surface area contributed by atoms with Crippen LogP contribution >= 0.6 is 11.8 Å². The van der Waals surface area contributed by atoms with E-state index in [1.165, 1.54) is 5.56 Å². The van der Waals surface area contributed by atoms with Gasteiger partial charge in [0, 0.05) is 30.7 Å². The second-order valence-electron chi connectivity index (χ2n) is 7.84. The largest absolute Gasteiger partial charge is 0.441 e. The van der Waals surface area contributed by atoms with E-state index in [1.807, 2.05) is 53.4 Å². The first-order chi connectivity index (χ1) is 15.1. The van der Waals surface area contributed by atoms with Crippen LogP contribution in [-0.2, 0) is 11.2 Å². The van der Waals surface area contributed by atoms with Crippen LogP contribution in [0.3, 0.4) is 0 Å². The number of hydrogen-bond donors (Lipinski definition) is 0. The van der Waals surface area contributed by atoms with Crippen LogP contribution < -0.4 is 0 Å². The zero-order chi connectivity index (χ0) is 21.6. The van der Waals surface area contributed by atoms with E-state index in [1.54, 1.807) is 18.0 Å². The fourth-order valence-corrected chi connectivity index (χ4v) is 4.54. The van der Waals surface area contributed by atoms with E-state index in [2.05, 4.69) is 24.9 Å². The van der Waals surface area contributed by atoms with Gasteiger partial charge in [-0.1, -0.05) is 74.1 Å². The third-order valence-corrected chi connectivity index (χ3v) is 6.29. The zero-order valence-corrected chi connectivity index (χ0v) is 18.8. The van der Waals surface area contributed by atoms with Crippen molar-refractivity contribution in [1.29, 1.82) is 0 Å². The lowest BCUT2D eigenvalue weighted by molar-refractivity contribution is -0.127. The Bertz CT molecular complexity index is 1060. The van der Waals surface area contributed by atoms with E-state index < -0.39 is 0 Å². The molecule has 1 saturated heterocycles. The SMILES string of the molecule is CC(C)c1ccccc1N=C1SCCCN1C(=O)CCc1ncc(-c2ccccc2)o1. The van der Waals surface area contributed by atoms with Crippen LogP contribution in [0.1, 0.15) is 44.1 Å². The van der Waals surface area contributed by atoms with Crippen molar-refractivity contribution in [1.82, 2.24) is 9.88 Å². The van der Waals surface area contributed by atoms with Crippen molar-refractivity contribution in [3.05, 3.63) is 72.2 Å². The lowest BCUT2D eigenvalue weighted by atomic mass is 10.0. The Balaban J connectivity index is 1.45. The molecule has 1 aliphatic rings. The Hall–Kier alpha value is -2.86. The monoisotopic (exact) mass is 433 g/mol. The van der Waals surface area contributed by atoms with Crippen molar-refractivity contribution in [3.8, 4) is 11.3 Å². The third-order valence-electron chi connectivity index (χ3n) is 5.23. The van der Waals surface area contributed by atoms with Gasteiger partial charge in [-0.15, -0.1) is 0 Å². The molecule has 0 radical (unpaired) electrons. The smallest absolute Gasteiger partial charge is 0.229 e. The summed E-state index contributed by atoms with van der Waals surface area (Å²) in [5, 5.41) is 0.793. The first-order valence-electron chi connectivity index (χ1n) is 10.7. The molecule has 0 aliphatic carbocycles. The average Bonchev–Trinajstić information content (AvgIpc) is 3.28. The Morgan fingerprint density at radius 2 is 1.94 bits per heavy atom. The number of thioether (sulfide) groups is 1. The van der Waals surface area contributed by atoms with Gasteiger partial charge in [0.1, 0.15) is 0 Å². The van der Waals surface area contributed by atoms with Crippen LogP contribution in [0.25, 0.3) is 11.3 Å². The standard InChI is InChI=1S/C25H27N3O2S/c1-18(2)20-11-6-7-12-21(20)27-25-28(15-8-16-31-25)24(29)14-13-23-26-17-22(30-23)19-9-4-3-5-10-19/h3-7,9-12,17-18H,8,13-16H2,1-2H3. The summed E-state index contributed by atoms with van der Waals surface area (Å²) in [6, 6.07) is 18.0. The molecule has 1 aromatic heterocycles. The van der Waals surface area contributed by atoms with E-state index in [4.69, 9.17) is 9.41 Å². The van der Waals surface area contributed by atoms with Gasteiger partial charge in [-0.25, -0.2) is 9.98 Å². The predicted molar refractivity (Wildman–Crippen MR) is 127 cm³/mol. The van der Waals surface area contributed by atoms with Crippen molar-refractivity contribution in [3.63, 3.8) is 0 Å². The minimum Gasteiger partial charge on any atom is -0.441 e. The van der Waals surface area contributed by atoms with Gasteiger partial charge in [0.2, 0.25) is 5.91 Å². The Kier molecular flexibility index (Phi) is 6.87. The lowest BCUT2D eigenvalue weighted by Gasteiger charge is -2.28. The van der Waals surface area contributed by atoms with E-state index in [-0.39, 0.29) is 5.91 Å². The predicted octanol–water partition coefficient (Wildman–Crippen LogP) is 6.05. The molecule has 1 amide bonds. The third kappa shape index (κ3) is 5.25. The van der Waals surface area contributed by atoms with Gasteiger partial charge in [0.05, 0.1) is 11.9 Å². The number of hydrogen-bond acceptors (Lipinski definition) is 5. The molecule has 1 fully saturated rings. The summed E-state index contributed by atoms with van der Waals surface area (Å²) in [5.74, 6) is 2.73. The average molecular weight is 434 g/mol. The minimum atomic E-state index is 0.0624. The highest BCUT2D eigenvalue weighted by Crippen LogP contribution is 2.30. The first-order valence-corrected chi connectivity index (χ1v) is 11.7. The Morgan fingerprint density at radius 3 is 2.74 bits per heavy atom. The highest BCUT2D eigenvalue weighted by molar-refractivity contribution is 8.13. The van der Waals surface area contributed by atoms with E-state index in [0.29, 0.717) is 31.2 Å². The summed E-state index contributed by atoms with van der Waals surface area (Å²) < 4.78 is 5.85. The molecule has 31 heavy (non-hydrogen) atoms. The molecule has 0 N–H and O–H groups in total. The number of rotatable bonds is 6. The fraction of sp³-hybridized carbons (Fsp3) is 0.320. The molecule has 3 aromatic rings. The van der Waals surface area contributed by atoms with E-state index >= 15 is 0 Å². The van der Waals surface area contributed by atoms with Crippen molar-refractivity contribution in [2.75, 3.05) is 12.3 Å². The molecular weight excluding hydrogens is 406 g/mol. The molecule has 0 atom stereocenters. The van der Waals surface area contributed by atoms with Crippen LogP contribution in [0.2, 0.25) is 0 Å². The molecule has 2 aromatic carbocycles. The number of benzene rings is 2. The van der Waals surface area contributed by atoms with Crippen molar-refractivity contribution < 1.29 is 9.21 Å². The number of aryl methyl sites for hydroxylation is 1. The number of para-hydroxylation sites is 1. The molecule has 2 heterocycles. The minimum absolute atomic E-state index is 0.0624. The van der Waals surface area contributed by atoms with Crippen molar-refractivity contribution >= 4 is 28.5 Å². The van der Waals surface area contributed by atoms with Crippen molar-refractivity contribution in [2.24, 2.45) is 4.99 Å². The molecule has 1 aliphatic heterocycles. The summed E-state index contributed by atoms with van der Waals surface area (Å²) in [6.07, 6.45) is 3.52. The molecular formula is C25H27N3O2S. The normalized spacial score (nSPS) is 15.6. The maximum absolute atomic E-state index is 13.0. The molecule has 4 rings (SSSR count). The van der Waals surface area contributed by atoms with Gasteiger partial charge < -0.3 is 4.42 Å². The Labute approximate surface area is 187 Å². The van der Waals surface area contributed by atoms with Crippen LogP contribution in [-0.4, -0.2) is 33.3 Å². The molecule has 0 spiro atoms. The first kappa shape index (κ1) is 21.4. The van der Waals surface area contributed by atoms with Crippen LogP contribution in [0.15, 0.2) is 70.2 Å². The van der Waals surface area contributed by atoms with E-state index in [9.17, 15) is 4.79 Å². The van der Waals surface area contributed by atoms with Crippen LogP contribution in [0.4, 0.5) is 5.69 Å². The number of carbonyl (C=O) groups is 1. The summed E-state index contributed by atoms with van der Waals surface area (Å²) in [5.41, 5.74) is 3.12. The van der Waals surface area contributed by atoms with Crippen LogP contribution in [0.5, 0.6) is 0 Å². The summed E-state index contributed by atoms with van der Waals surface area (Å²) in [7, 11) is 0. The van der Waals surface area contributed by atoms with Gasteiger partial charge in [-0.05, 0) is 24.0 Å². The molecule has 0 unspecified atom stereocenters. The number of carbonyl (C=O) groups excluding carboxylic acids is 1. The highest BCUT2D eigenvalue weighted by Gasteiger charge is 2.24. The summed E-state index contributed by atoms with van der Waals surface area (Å²) in [6.45, 7) is 5.03. The molecule has 0 saturated carbocycles. The summed E-state index contributed by atoms with van der Waals surface area (Å²) in [4.78, 5) is 24.1. The zero-order valence-electron chi connectivity index (χ0n) is 18.0. The second kappa shape index (κ2) is 9.96. The lowest BCUT2D eigenvalue weighted by Crippen LogP contribution is -2.39. The number of nitrogens with zero attached hydrogens (tertiary/aromatic N) is 3. The van der Waals surface area contributed by atoms with Gasteiger partial charge in [0.15, 0.2) is 16.8 Å². The van der Waals surface area contributed by atoms with Crippen LogP contribution in [0, 0.1) is 0 Å².